The second kappa shape index (κ2) is 7.66. The predicted molar refractivity (Wildman–Crippen MR) is 104 cm³/mol. The molecular formula is C20H19ClFN3O2. The summed E-state index contributed by atoms with van der Waals surface area (Å²) >= 11 is 5.89. The average Bonchev–Trinajstić information content (AvgIpc) is 2.70. The number of nitrogens with one attached hydrogen (secondary N) is 1. The first-order valence-corrected chi connectivity index (χ1v) is 9.16. The Labute approximate surface area is 161 Å². The van der Waals surface area contributed by atoms with Crippen LogP contribution in [0.4, 0.5) is 15.9 Å². The average molecular weight is 388 g/mol. The van der Waals surface area contributed by atoms with E-state index in [9.17, 15) is 4.39 Å². The molecule has 1 aromatic heterocycles. The van der Waals surface area contributed by atoms with Crippen molar-refractivity contribution >= 4 is 34.0 Å². The van der Waals surface area contributed by atoms with Crippen LogP contribution in [0.1, 0.15) is 24.3 Å². The number of halogens is 2. The van der Waals surface area contributed by atoms with Crippen molar-refractivity contribution in [3.8, 4) is 5.75 Å². The number of fused-ring (bicyclic) bond motifs is 1. The topological polar surface area (TPSA) is 56.3 Å². The van der Waals surface area contributed by atoms with E-state index in [-0.39, 0.29) is 10.9 Å². The number of hydrogen-bond donors (Lipinski definition) is 1. The van der Waals surface area contributed by atoms with Gasteiger partial charge in [0.05, 0.1) is 24.3 Å². The smallest absolute Gasteiger partial charge is 0.141 e. The van der Waals surface area contributed by atoms with E-state index in [2.05, 4.69) is 21.4 Å². The number of rotatable bonds is 4. The first kappa shape index (κ1) is 17.9. The van der Waals surface area contributed by atoms with Gasteiger partial charge in [0, 0.05) is 35.2 Å². The van der Waals surface area contributed by atoms with Gasteiger partial charge >= 0.3 is 0 Å². The molecule has 1 unspecified atom stereocenters. The number of anilines is 2. The third kappa shape index (κ3) is 3.68. The first-order chi connectivity index (χ1) is 13.2. The van der Waals surface area contributed by atoms with Gasteiger partial charge in [-0.25, -0.2) is 14.4 Å². The van der Waals surface area contributed by atoms with Gasteiger partial charge < -0.3 is 14.8 Å². The molecule has 5 nitrogen and oxygen atoms in total. The van der Waals surface area contributed by atoms with Gasteiger partial charge in [0.15, 0.2) is 0 Å². The van der Waals surface area contributed by atoms with Crippen LogP contribution >= 0.6 is 11.6 Å². The molecule has 3 aromatic rings. The van der Waals surface area contributed by atoms with Crippen LogP contribution in [0.3, 0.4) is 0 Å². The number of nitrogens with zero attached hydrogens (tertiary/aromatic N) is 2. The lowest BCUT2D eigenvalue weighted by Crippen LogP contribution is -2.16. The minimum absolute atomic E-state index is 0.0556. The maximum atomic E-state index is 13.4. The Bertz CT molecular complexity index is 977. The number of ether oxygens (including phenoxy) is 2. The van der Waals surface area contributed by atoms with Crippen molar-refractivity contribution in [2.45, 2.75) is 18.8 Å². The van der Waals surface area contributed by atoms with Crippen molar-refractivity contribution in [2.75, 3.05) is 25.6 Å². The van der Waals surface area contributed by atoms with E-state index >= 15 is 0 Å². The van der Waals surface area contributed by atoms with Gasteiger partial charge in [0.25, 0.3) is 0 Å². The zero-order valence-corrected chi connectivity index (χ0v) is 15.6. The summed E-state index contributed by atoms with van der Waals surface area (Å²) in [5.74, 6) is 1.24. The van der Waals surface area contributed by atoms with Crippen LogP contribution in [0.25, 0.3) is 10.9 Å². The molecule has 1 aliphatic heterocycles. The van der Waals surface area contributed by atoms with Crippen LogP contribution in [-0.4, -0.2) is 30.3 Å². The molecule has 27 heavy (non-hydrogen) atoms. The summed E-state index contributed by atoms with van der Waals surface area (Å²) in [7, 11) is 1.66. The fourth-order valence-corrected chi connectivity index (χ4v) is 3.57. The Morgan fingerprint density at radius 2 is 2.15 bits per heavy atom. The molecule has 4 rings (SSSR count). The van der Waals surface area contributed by atoms with Crippen molar-refractivity contribution < 1.29 is 13.9 Å². The molecule has 0 amide bonds. The van der Waals surface area contributed by atoms with Crippen LogP contribution < -0.4 is 10.1 Å². The van der Waals surface area contributed by atoms with E-state index in [0.717, 1.165) is 41.7 Å². The van der Waals surface area contributed by atoms with Gasteiger partial charge in [-0.15, -0.1) is 0 Å². The Morgan fingerprint density at radius 3 is 2.89 bits per heavy atom. The van der Waals surface area contributed by atoms with E-state index in [4.69, 9.17) is 21.1 Å². The molecular weight excluding hydrogens is 369 g/mol. The zero-order valence-electron chi connectivity index (χ0n) is 14.8. The van der Waals surface area contributed by atoms with Gasteiger partial charge in [0.2, 0.25) is 0 Å². The summed E-state index contributed by atoms with van der Waals surface area (Å²) in [4.78, 5) is 8.73. The highest BCUT2D eigenvalue weighted by molar-refractivity contribution is 6.31. The summed E-state index contributed by atoms with van der Waals surface area (Å²) in [5, 5.41) is 4.12. The second-order valence-electron chi connectivity index (χ2n) is 6.50. The minimum atomic E-state index is -0.459. The van der Waals surface area contributed by atoms with Crippen LogP contribution in [-0.2, 0) is 4.74 Å². The second-order valence-corrected chi connectivity index (χ2v) is 6.91. The molecule has 0 spiro atoms. The molecule has 0 radical (unpaired) electrons. The molecule has 0 bridgehead atoms. The summed E-state index contributed by atoms with van der Waals surface area (Å²) in [6.45, 7) is 1.47. The Morgan fingerprint density at radius 1 is 1.26 bits per heavy atom. The molecule has 1 fully saturated rings. The Balaban J connectivity index is 1.77. The summed E-state index contributed by atoms with van der Waals surface area (Å²) in [5.41, 5.74) is 2.50. The monoisotopic (exact) mass is 387 g/mol. The summed E-state index contributed by atoms with van der Waals surface area (Å²) in [6, 6.07) is 8.45. The molecule has 1 saturated heterocycles. The Hall–Kier alpha value is -2.44. The van der Waals surface area contributed by atoms with Crippen LogP contribution in [0.5, 0.6) is 5.75 Å². The van der Waals surface area contributed by atoms with E-state index in [1.807, 2.05) is 6.07 Å². The highest BCUT2D eigenvalue weighted by Gasteiger charge is 2.21. The molecule has 1 aliphatic rings. The number of benzene rings is 2. The minimum Gasteiger partial charge on any atom is -0.496 e. The van der Waals surface area contributed by atoms with E-state index < -0.39 is 5.82 Å². The van der Waals surface area contributed by atoms with Crippen molar-refractivity contribution in [3.05, 3.63) is 53.1 Å². The van der Waals surface area contributed by atoms with Gasteiger partial charge in [-0.05, 0) is 37.1 Å². The van der Waals surface area contributed by atoms with Gasteiger partial charge in [-0.1, -0.05) is 11.6 Å². The van der Waals surface area contributed by atoms with Crippen molar-refractivity contribution in [3.63, 3.8) is 0 Å². The molecule has 140 valence electrons. The van der Waals surface area contributed by atoms with Gasteiger partial charge in [-0.3, -0.25) is 0 Å². The van der Waals surface area contributed by atoms with Gasteiger partial charge in [0.1, 0.15) is 23.7 Å². The van der Waals surface area contributed by atoms with E-state index in [1.165, 1.54) is 18.5 Å². The molecule has 2 aromatic carbocycles. The largest absolute Gasteiger partial charge is 0.496 e. The standard InChI is InChI=1S/C20H19ClFN3O2/c1-26-19-9-18-15(8-14(19)12-3-2-6-27-10-12)20(24-11-23-18)25-13-4-5-17(22)16(21)7-13/h4-5,7-9,11-12H,2-3,6,10H2,1H3,(H,23,24,25). The van der Waals surface area contributed by atoms with Gasteiger partial charge in [-0.2, -0.15) is 0 Å². The lowest BCUT2D eigenvalue weighted by molar-refractivity contribution is 0.0797. The Kier molecular flexibility index (Phi) is 5.09. The van der Waals surface area contributed by atoms with Crippen LogP contribution in [0.2, 0.25) is 5.02 Å². The molecule has 0 aliphatic carbocycles. The zero-order chi connectivity index (χ0) is 18.8. The van der Waals surface area contributed by atoms with E-state index in [1.54, 1.807) is 13.2 Å². The molecule has 7 heteroatoms. The maximum Gasteiger partial charge on any atom is 0.141 e. The normalized spacial score (nSPS) is 17.1. The van der Waals surface area contributed by atoms with Crippen LogP contribution in [0, 0.1) is 5.82 Å². The van der Waals surface area contributed by atoms with E-state index in [0.29, 0.717) is 18.1 Å². The quantitative estimate of drug-likeness (QED) is 0.677. The fraction of sp³-hybridized carbons (Fsp3) is 0.300. The maximum absolute atomic E-state index is 13.4. The van der Waals surface area contributed by atoms with Crippen molar-refractivity contribution in [1.82, 2.24) is 9.97 Å². The molecule has 1 N–H and O–H groups in total. The molecule has 0 saturated carbocycles. The number of methoxy groups -OCH3 is 1. The highest BCUT2D eigenvalue weighted by Crippen LogP contribution is 2.37. The van der Waals surface area contributed by atoms with Crippen molar-refractivity contribution in [1.29, 1.82) is 0 Å². The number of hydrogen-bond acceptors (Lipinski definition) is 5. The van der Waals surface area contributed by atoms with Crippen LogP contribution in [0.15, 0.2) is 36.7 Å². The SMILES string of the molecule is COc1cc2ncnc(Nc3ccc(F)c(Cl)c3)c2cc1C1CCCOC1. The summed E-state index contributed by atoms with van der Waals surface area (Å²) < 4.78 is 24.7. The third-order valence-corrected chi connectivity index (χ3v) is 5.06. The lowest BCUT2D eigenvalue weighted by atomic mass is 9.91. The number of aromatic nitrogens is 2. The summed E-state index contributed by atoms with van der Waals surface area (Å²) in [6.07, 6.45) is 3.56. The van der Waals surface area contributed by atoms with Crippen molar-refractivity contribution in [2.24, 2.45) is 0 Å². The first-order valence-electron chi connectivity index (χ1n) is 8.78. The lowest BCUT2D eigenvalue weighted by Gasteiger charge is -2.24. The predicted octanol–water partition coefficient (Wildman–Crippen LogP) is 5.07. The highest BCUT2D eigenvalue weighted by atomic mass is 35.5. The molecule has 2 heterocycles. The third-order valence-electron chi connectivity index (χ3n) is 4.77. The fourth-order valence-electron chi connectivity index (χ4n) is 3.39. The molecule has 1 atom stereocenters.